The molecule has 1 heterocycles. The van der Waals surface area contributed by atoms with Gasteiger partial charge in [0.15, 0.2) is 0 Å². The van der Waals surface area contributed by atoms with Gasteiger partial charge in [-0.05, 0) is 43.2 Å². The Kier molecular flexibility index (Phi) is 5.32. The second-order valence-electron chi connectivity index (χ2n) is 6.62. The van der Waals surface area contributed by atoms with Crippen LogP contribution in [0.25, 0.3) is 0 Å². The SMILES string of the molecule is CC(c1ccccc1)N1CCC(NC(=O)c2ccc(C(F)(F)F)cc2)C1. The van der Waals surface area contributed by atoms with Crippen molar-refractivity contribution in [2.75, 3.05) is 13.1 Å². The molecule has 1 saturated heterocycles. The molecule has 3 rings (SSSR count). The summed E-state index contributed by atoms with van der Waals surface area (Å²) in [5.41, 5.74) is 0.715. The van der Waals surface area contributed by atoms with Crippen LogP contribution in [0, 0.1) is 0 Å². The number of alkyl halides is 3. The number of rotatable bonds is 4. The smallest absolute Gasteiger partial charge is 0.348 e. The number of carbonyl (C=O) groups is 1. The van der Waals surface area contributed by atoms with Gasteiger partial charge in [-0.3, -0.25) is 9.69 Å². The minimum absolute atomic E-state index is 0.00375. The molecule has 0 bridgehead atoms. The maximum Gasteiger partial charge on any atom is 0.416 e. The summed E-state index contributed by atoms with van der Waals surface area (Å²) in [5.74, 6) is -0.335. The molecule has 1 amide bonds. The molecule has 138 valence electrons. The van der Waals surface area contributed by atoms with Crippen molar-refractivity contribution in [3.63, 3.8) is 0 Å². The fourth-order valence-corrected chi connectivity index (χ4v) is 3.28. The van der Waals surface area contributed by atoms with Crippen LogP contribution in [0.2, 0.25) is 0 Å². The number of hydrogen-bond donors (Lipinski definition) is 1. The molecule has 1 aliphatic rings. The van der Waals surface area contributed by atoms with Crippen molar-refractivity contribution in [2.24, 2.45) is 0 Å². The van der Waals surface area contributed by atoms with E-state index in [0.717, 1.165) is 31.6 Å². The molecule has 1 fully saturated rings. The zero-order valence-electron chi connectivity index (χ0n) is 14.5. The van der Waals surface area contributed by atoms with E-state index in [1.807, 2.05) is 18.2 Å². The standard InChI is InChI=1S/C20H21F3N2O/c1-14(15-5-3-2-4-6-15)25-12-11-18(13-25)24-19(26)16-7-9-17(10-8-16)20(21,22)23/h2-10,14,18H,11-13H2,1H3,(H,24,26). The minimum atomic E-state index is -4.39. The van der Waals surface area contributed by atoms with Crippen molar-refractivity contribution in [1.82, 2.24) is 10.2 Å². The minimum Gasteiger partial charge on any atom is -0.348 e. The van der Waals surface area contributed by atoms with Gasteiger partial charge in [0.05, 0.1) is 5.56 Å². The fraction of sp³-hybridized carbons (Fsp3) is 0.350. The second kappa shape index (κ2) is 7.50. The maximum atomic E-state index is 12.6. The van der Waals surface area contributed by atoms with E-state index < -0.39 is 11.7 Å². The molecule has 26 heavy (non-hydrogen) atoms. The first kappa shape index (κ1) is 18.5. The molecule has 1 N–H and O–H groups in total. The Hall–Kier alpha value is -2.34. The predicted molar refractivity (Wildman–Crippen MR) is 93.7 cm³/mol. The monoisotopic (exact) mass is 362 g/mol. The predicted octanol–water partition coefficient (Wildman–Crippen LogP) is 4.27. The van der Waals surface area contributed by atoms with Crippen LogP contribution in [-0.4, -0.2) is 29.9 Å². The largest absolute Gasteiger partial charge is 0.416 e. The highest BCUT2D eigenvalue weighted by molar-refractivity contribution is 5.94. The Morgan fingerprint density at radius 1 is 1.12 bits per heavy atom. The average Bonchev–Trinajstić information content (AvgIpc) is 3.09. The van der Waals surface area contributed by atoms with Crippen LogP contribution in [0.3, 0.4) is 0 Å². The maximum absolute atomic E-state index is 12.6. The number of hydrogen-bond acceptors (Lipinski definition) is 2. The summed E-state index contributed by atoms with van der Waals surface area (Å²) in [6.07, 6.45) is -3.57. The molecule has 6 heteroatoms. The third kappa shape index (κ3) is 4.25. The quantitative estimate of drug-likeness (QED) is 0.881. The van der Waals surface area contributed by atoms with Gasteiger partial charge in [-0.25, -0.2) is 0 Å². The molecule has 0 spiro atoms. The normalized spacial score (nSPS) is 19.3. The van der Waals surface area contributed by atoms with Gasteiger partial charge in [0.1, 0.15) is 0 Å². The highest BCUT2D eigenvalue weighted by atomic mass is 19.4. The van der Waals surface area contributed by atoms with Crippen molar-refractivity contribution in [1.29, 1.82) is 0 Å². The summed E-state index contributed by atoms with van der Waals surface area (Å²) in [7, 11) is 0. The number of halogens is 3. The van der Waals surface area contributed by atoms with Gasteiger partial charge < -0.3 is 5.32 Å². The first-order chi connectivity index (χ1) is 12.3. The topological polar surface area (TPSA) is 32.3 Å². The van der Waals surface area contributed by atoms with Crippen LogP contribution in [0.15, 0.2) is 54.6 Å². The van der Waals surface area contributed by atoms with Crippen LogP contribution in [0.1, 0.15) is 40.9 Å². The molecule has 0 aliphatic carbocycles. The lowest BCUT2D eigenvalue weighted by molar-refractivity contribution is -0.137. The lowest BCUT2D eigenvalue weighted by Gasteiger charge is -2.24. The molecule has 2 aromatic carbocycles. The molecule has 0 saturated carbocycles. The Morgan fingerprint density at radius 2 is 1.77 bits per heavy atom. The van der Waals surface area contributed by atoms with E-state index in [1.165, 1.54) is 17.7 Å². The van der Waals surface area contributed by atoms with Crippen molar-refractivity contribution < 1.29 is 18.0 Å². The van der Waals surface area contributed by atoms with Gasteiger partial charge in [0.25, 0.3) is 5.91 Å². The number of benzene rings is 2. The highest BCUT2D eigenvalue weighted by Crippen LogP contribution is 2.29. The van der Waals surface area contributed by atoms with Crippen molar-refractivity contribution in [3.05, 3.63) is 71.3 Å². The van der Waals surface area contributed by atoms with Gasteiger partial charge in [-0.15, -0.1) is 0 Å². The van der Waals surface area contributed by atoms with Crippen LogP contribution in [0.5, 0.6) is 0 Å². The van der Waals surface area contributed by atoms with E-state index in [0.29, 0.717) is 0 Å². The number of carbonyl (C=O) groups excluding carboxylic acids is 1. The first-order valence-electron chi connectivity index (χ1n) is 8.61. The summed E-state index contributed by atoms with van der Waals surface area (Å²) < 4.78 is 37.8. The van der Waals surface area contributed by atoms with E-state index in [2.05, 4.69) is 29.3 Å². The molecule has 1 aliphatic heterocycles. The molecule has 3 nitrogen and oxygen atoms in total. The Morgan fingerprint density at radius 3 is 2.38 bits per heavy atom. The lowest BCUT2D eigenvalue weighted by Crippen LogP contribution is -2.37. The molecular formula is C20H21F3N2O. The molecule has 0 aromatic heterocycles. The Labute approximate surface area is 150 Å². The van der Waals surface area contributed by atoms with Crippen LogP contribution >= 0.6 is 0 Å². The van der Waals surface area contributed by atoms with E-state index >= 15 is 0 Å². The third-order valence-corrected chi connectivity index (χ3v) is 4.86. The van der Waals surface area contributed by atoms with Crippen molar-refractivity contribution in [3.8, 4) is 0 Å². The fourth-order valence-electron chi connectivity index (χ4n) is 3.28. The van der Waals surface area contributed by atoms with Gasteiger partial charge in [-0.2, -0.15) is 13.2 Å². The highest BCUT2D eigenvalue weighted by Gasteiger charge is 2.31. The molecule has 2 atom stereocenters. The number of amides is 1. The van der Waals surface area contributed by atoms with E-state index in [4.69, 9.17) is 0 Å². The first-order valence-corrected chi connectivity index (χ1v) is 8.61. The van der Waals surface area contributed by atoms with Gasteiger partial charge in [0, 0.05) is 30.7 Å². The Bertz CT molecular complexity index is 744. The van der Waals surface area contributed by atoms with Crippen LogP contribution < -0.4 is 5.32 Å². The van der Waals surface area contributed by atoms with E-state index in [-0.39, 0.29) is 23.6 Å². The van der Waals surface area contributed by atoms with Crippen LogP contribution in [-0.2, 0) is 6.18 Å². The second-order valence-corrected chi connectivity index (χ2v) is 6.62. The molecular weight excluding hydrogens is 341 g/mol. The summed E-state index contributed by atoms with van der Waals surface area (Å²) in [6, 6.07) is 14.7. The van der Waals surface area contributed by atoms with Gasteiger partial charge in [-0.1, -0.05) is 30.3 Å². The molecule has 2 unspecified atom stereocenters. The number of nitrogens with zero attached hydrogens (tertiary/aromatic N) is 1. The summed E-state index contributed by atoms with van der Waals surface area (Å²) in [4.78, 5) is 14.6. The van der Waals surface area contributed by atoms with Crippen molar-refractivity contribution in [2.45, 2.75) is 31.6 Å². The molecule has 0 radical (unpaired) electrons. The van der Waals surface area contributed by atoms with Crippen molar-refractivity contribution >= 4 is 5.91 Å². The zero-order valence-corrected chi connectivity index (χ0v) is 14.5. The lowest BCUT2D eigenvalue weighted by atomic mass is 10.1. The van der Waals surface area contributed by atoms with E-state index in [9.17, 15) is 18.0 Å². The number of likely N-dealkylation sites (tertiary alicyclic amines) is 1. The Balaban J connectivity index is 1.57. The summed E-state index contributed by atoms with van der Waals surface area (Å²) in [5, 5.41) is 2.93. The summed E-state index contributed by atoms with van der Waals surface area (Å²) >= 11 is 0. The van der Waals surface area contributed by atoms with Gasteiger partial charge >= 0.3 is 6.18 Å². The average molecular weight is 362 g/mol. The zero-order chi connectivity index (χ0) is 18.7. The number of nitrogens with one attached hydrogen (secondary N) is 1. The van der Waals surface area contributed by atoms with Crippen LogP contribution in [0.4, 0.5) is 13.2 Å². The van der Waals surface area contributed by atoms with Gasteiger partial charge in [0.2, 0.25) is 0 Å². The third-order valence-electron chi connectivity index (χ3n) is 4.86. The summed E-state index contributed by atoms with van der Waals surface area (Å²) in [6.45, 7) is 3.73. The van der Waals surface area contributed by atoms with E-state index in [1.54, 1.807) is 0 Å². The molecule has 2 aromatic rings.